The first kappa shape index (κ1) is 16.6. The van der Waals surface area contributed by atoms with Crippen molar-refractivity contribution in [1.29, 1.82) is 0 Å². The van der Waals surface area contributed by atoms with Gasteiger partial charge in [-0.1, -0.05) is 17.7 Å². The van der Waals surface area contributed by atoms with Crippen LogP contribution in [0.1, 0.15) is 22.5 Å². The maximum Gasteiger partial charge on any atom is 0.224 e. The number of amides is 1. The van der Waals surface area contributed by atoms with Crippen LogP contribution in [0.4, 0.5) is 0 Å². The van der Waals surface area contributed by atoms with E-state index in [1.165, 1.54) is 10.5 Å². The largest absolute Gasteiger partial charge is 0.355 e. The van der Waals surface area contributed by atoms with Crippen molar-refractivity contribution in [2.45, 2.75) is 32.1 Å². The van der Waals surface area contributed by atoms with Gasteiger partial charge in [-0.05, 0) is 32.9 Å². The first-order chi connectivity index (χ1) is 10.5. The van der Waals surface area contributed by atoms with Crippen molar-refractivity contribution >= 4 is 17.7 Å². The predicted octanol–water partition coefficient (Wildman–Crippen LogP) is 2.80. The fourth-order valence-electron chi connectivity index (χ4n) is 2.29. The highest BCUT2D eigenvalue weighted by Crippen LogP contribution is 2.17. The molecule has 1 heterocycles. The van der Waals surface area contributed by atoms with Gasteiger partial charge in [0.05, 0.1) is 12.1 Å². The molecule has 0 unspecified atom stereocenters. The summed E-state index contributed by atoms with van der Waals surface area (Å²) in [4.78, 5) is 13.3. The van der Waals surface area contributed by atoms with Gasteiger partial charge in [-0.15, -0.1) is 11.8 Å². The van der Waals surface area contributed by atoms with E-state index in [0.717, 1.165) is 22.7 Å². The van der Waals surface area contributed by atoms with Gasteiger partial charge in [-0.2, -0.15) is 5.10 Å². The van der Waals surface area contributed by atoms with Gasteiger partial charge in [-0.3, -0.25) is 9.48 Å². The molecule has 0 bridgehead atoms. The Balaban J connectivity index is 1.75. The minimum absolute atomic E-state index is 0.0590. The Hall–Kier alpha value is -1.75. The van der Waals surface area contributed by atoms with Crippen molar-refractivity contribution in [3.63, 3.8) is 0 Å². The number of nitrogens with zero attached hydrogens (tertiary/aromatic N) is 2. The molecule has 1 aromatic carbocycles. The molecule has 4 nitrogen and oxygen atoms in total. The summed E-state index contributed by atoms with van der Waals surface area (Å²) in [5.41, 5.74) is 4.29. The van der Waals surface area contributed by atoms with Gasteiger partial charge >= 0.3 is 0 Å². The summed E-state index contributed by atoms with van der Waals surface area (Å²) in [6.07, 6.45) is 0.403. The summed E-state index contributed by atoms with van der Waals surface area (Å²) in [5, 5.41) is 7.32. The SMILES string of the molecule is Cc1ccc(SCCNC(=O)Cc2c(C)nn(C)c2C)cc1. The summed E-state index contributed by atoms with van der Waals surface area (Å²) in [5.74, 6) is 0.934. The molecule has 0 spiro atoms. The summed E-state index contributed by atoms with van der Waals surface area (Å²) in [6, 6.07) is 8.44. The molecule has 1 N–H and O–H groups in total. The Kier molecular flexibility index (Phi) is 5.66. The van der Waals surface area contributed by atoms with Gasteiger partial charge in [0.25, 0.3) is 0 Å². The maximum atomic E-state index is 12.0. The number of hydrogen-bond donors (Lipinski definition) is 1. The molecule has 0 aliphatic rings. The molecule has 0 aliphatic carbocycles. The Bertz CT molecular complexity index is 647. The zero-order valence-corrected chi connectivity index (χ0v) is 14.5. The predicted molar refractivity (Wildman–Crippen MR) is 91.3 cm³/mol. The number of carbonyl (C=O) groups excluding carboxylic acids is 1. The van der Waals surface area contributed by atoms with E-state index in [1.54, 1.807) is 11.8 Å². The van der Waals surface area contributed by atoms with E-state index in [2.05, 4.69) is 41.6 Å². The lowest BCUT2D eigenvalue weighted by molar-refractivity contribution is -0.120. The van der Waals surface area contributed by atoms with E-state index in [-0.39, 0.29) is 5.91 Å². The Morgan fingerprint density at radius 2 is 1.91 bits per heavy atom. The van der Waals surface area contributed by atoms with Crippen LogP contribution >= 0.6 is 11.8 Å². The highest BCUT2D eigenvalue weighted by Gasteiger charge is 2.12. The highest BCUT2D eigenvalue weighted by molar-refractivity contribution is 7.99. The molecule has 0 fully saturated rings. The van der Waals surface area contributed by atoms with Crippen LogP contribution in [-0.2, 0) is 18.3 Å². The van der Waals surface area contributed by atoms with Gasteiger partial charge in [-0.25, -0.2) is 0 Å². The molecule has 2 aromatic rings. The molecule has 22 heavy (non-hydrogen) atoms. The standard InChI is InChI=1S/C17H23N3OS/c1-12-5-7-15(8-6-12)22-10-9-18-17(21)11-16-13(2)19-20(4)14(16)3/h5-8H,9-11H2,1-4H3,(H,18,21). The van der Waals surface area contributed by atoms with Crippen molar-refractivity contribution in [2.24, 2.45) is 7.05 Å². The average molecular weight is 317 g/mol. The van der Waals surface area contributed by atoms with Gasteiger partial charge in [0.2, 0.25) is 5.91 Å². The van der Waals surface area contributed by atoms with Gasteiger partial charge in [0, 0.05) is 35.5 Å². The second-order valence-corrected chi connectivity index (χ2v) is 6.63. The number of carbonyl (C=O) groups is 1. The number of aryl methyl sites for hydroxylation is 3. The summed E-state index contributed by atoms with van der Waals surface area (Å²) in [7, 11) is 1.90. The Labute approximate surface area is 136 Å². The monoisotopic (exact) mass is 317 g/mol. The molecular formula is C17H23N3OS. The van der Waals surface area contributed by atoms with Gasteiger partial charge < -0.3 is 5.32 Å². The second kappa shape index (κ2) is 7.49. The first-order valence-electron chi connectivity index (χ1n) is 7.42. The number of nitrogens with one attached hydrogen (secondary N) is 1. The zero-order chi connectivity index (χ0) is 16.1. The van der Waals surface area contributed by atoms with Crippen molar-refractivity contribution in [2.75, 3.05) is 12.3 Å². The molecule has 5 heteroatoms. The van der Waals surface area contributed by atoms with Crippen molar-refractivity contribution in [1.82, 2.24) is 15.1 Å². The Morgan fingerprint density at radius 1 is 1.23 bits per heavy atom. The summed E-state index contributed by atoms with van der Waals surface area (Å²) >= 11 is 1.76. The minimum atomic E-state index is 0.0590. The van der Waals surface area contributed by atoms with Crippen molar-refractivity contribution < 1.29 is 4.79 Å². The molecule has 0 saturated carbocycles. The number of rotatable bonds is 6. The lowest BCUT2D eigenvalue weighted by atomic mass is 10.1. The first-order valence-corrected chi connectivity index (χ1v) is 8.41. The maximum absolute atomic E-state index is 12.0. The Morgan fingerprint density at radius 3 is 2.50 bits per heavy atom. The summed E-state index contributed by atoms with van der Waals surface area (Å²) < 4.78 is 1.82. The number of aromatic nitrogens is 2. The number of thioether (sulfide) groups is 1. The van der Waals surface area contributed by atoms with E-state index < -0.39 is 0 Å². The molecule has 1 amide bonds. The average Bonchev–Trinajstić information content (AvgIpc) is 2.72. The second-order valence-electron chi connectivity index (χ2n) is 5.46. The van der Waals surface area contributed by atoms with Crippen LogP contribution in [0.5, 0.6) is 0 Å². The molecule has 0 aliphatic heterocycles. The van der Waals surface area contributed by atoms with Crippen molar-refractivity contribution in [3.8, 4) is 0 Å². The molecule has 1 aromatic heterocycles. The highest BCUT2D eigenvalue weighted by atomic mass is 32.2. The third kappa shape index (κ3) is 4.37. The van der Waals surface area contributed by atoms with Crippen LogP contribution in [0, 0.1) is 20.8 Å². The molecule has 0 radical (unpaired) electrons. The molecule has 0 saturated heterocycles. The van der Waals surface area contributed by atoms with E-state index in [0.29, 0.717) is 13.0 Å². The molecule has 0 atom stereocenters. The molecule has 2 rings (SSSR count). The smallest absolute Gasteiger partial charge is 0.224 e. The van der Waals surface area contributed by atoms with Crippen LogP contribution in [0.15, 0.2) is 29.2 Å². The van der Waals surface area contributed by atoms with E-state index >= 15 is 0 Å². The third-order valence-electron chi connectivity index (χ3n) is 3.71. The van der Waals surface area contributed by atoms with Crippen LogP contribution in [0.2, 0.25) is 0 Å². The van der Waals surface area contributed by atoms with Gasteiger partial charge in [0.15, 0.2) is 0 Å². The molecule has 118 valence electrons. The van der Waals surface area contributed by atoms with E-state index in [9.17, 15) is 4.79 Å². The normalized spacial score (nSPS) is 10.7. The van der Waals surface area contributed by atoms with E-state index in [4.69, 9.17) is 0 Å². The fourth-order valence-corrected chi connectivity index (χ4v) is 3.06. The van der Waals surface area contributed by atoms with Crippen LogP contribution < -0.4 is 5.32 Å². The number of hydrogen-bond acceptors (Lipinski definition) is 3. The topological polar surface area (TPSA) is 46.9 Å². The number of benzene rings is 1. The van der Waals surface area contributed by atoms with Crippen molar-refractivity contribution in [3.05, 3.63) is 46.8 Å². The zero-order valence-electron chi connectivity index (χ0n) is 13.6. The lowest BCUT2D eigenvalue weighted by Gasteiger charge is -2.06. The third-order valence-corrected chi connectivity index (χ3v) is 4.72. The summed E-state index contributed by atoms with van der Waals surface area (Å²) in [6.45, 7) is 6.70. The lowest BCUT2D eigenvalue weighted by Crippen LogP contribution is -2.27. The van der Waals surface area contributed by atoms with Crippen LogP contribution in [-0.4, -0.2) is 28.0 Å². The van der Waals surface area contributed by atoms with Crippen LogP contribution in [0.3, 0.4) is 0 Å². The van der Waals surface area contributed by atoms with Gasteiger partial charge in [0.1, 0.15) is 0 Å². The fraction of sp³-hybridized carbons (Fsp3) is 0.412. The molecular weight excluding hydrogens is 294 g/mol. The van der Waals surface area contributed by atoms with E-state index in [1.807, 2.05) is 25.6 Å². The quantitative estimate of drug-likeness (QED) is 0.658. The van der Waals surface area contributed by atoms with Crippen LogP contribution in [0.25, 0.3) is 0 Å². The minimum Gasteiger partial charge on any atom is -0.355 e.